The second-order valence-electron chi connectivity index (χ2n) is 5.26. The average Bonchev–Trinajstić information content (AvgIpc) is 3.02. The second kappa shape index (κ2) is 4.79. The van der Waals surface area contributed by atoms with Crippen LogP contribution in [0, 0.1) is 11.6 Å². The van der Waals surface area contributed by atoms with E-state index in [0.717, 1.165) is 12.1 Å². The third kappa shape index (κ3) is 1.83. The van der Waals surface area contributed by atoms with E-state index in [9.17, 15) is 18.4 Å². The Kier molecular flexibility index (Phi) is 2.96. The Hall–Kier alpha value is -2.41. The molecular formula is C16H10F2N2O2S. The highest BCUT2D eigenvalue weighted by atomic mass is 32.2. The van der Waals surface area contributed by atoms with Crippen LogP contribution in [0.1, 0.15) is 5.56 Å². The quantitative estimate of drug-likeness (QED) is 0.874. The Morgan fingerprint density at radius 3 is 2.65 bits per heavy atom. The van der Waals surface area contributed by atoms with Crippen molar-refractivity contribution in [3.8, 4) is 0 Å². The van der Waals surface area contributed by atoms with Gasteiger partial charge in [0, 0.05) is 23.0 Å². The van der Waals surface area contributed by atoms with Crippen molar-refractivity contribution in [2.75, 3.05) is 16.0 Å². The molecule has 2 aliphatic heterocycles. The van der Waals surface area contributed by atoms with E-state index < -0.39 is 16.5 Å². The number of benzene rings is 2. The van der Waals surface area contributed by atoms with E-state index >= 15 is 0 Å². The monoisotopic (exact) mass is 332 g/mol. The highest BCUT2D eigenvalue weighted by Gasteiger charge is 2.58. The topological polar surface area (TPSA) is 49.4 Å². The van der Waals surface area contributed by atoms with Crippen molar-refractivity contribution in [3.05, 3.63) is 59.7 Å². The second-order valence-corrected chi connectivity index (χ2v) is 6.43. The van der Waals surface area contributed by atoms with Crippen molar-refractivity contribution >= 4 is 35.0 Å². The van der Waals surface area contributed by atoms with Crippen LogP contribution < -0.4 is 10.2 Å². The summed E-state index contributed by atoms with van der Waals surface area (Å²) >= 11 is 1.17. The zero-order valence-electron chi connectivity index (χ0n) is 11.7. The van der Waals surface area contributed by atoms with Crippen molar-refractivity contribution < 1.29 is 18.4 Å². The smallest absolute Gasteiger partial charge is 0.266 e. The van der Waals surface area contributed by atoms with Gasteiger partial charge >= 0.3 is 0 Å². The van der Waals surface area contributed by atoms with Crippen molar-refractivity contribution in [1.29, 1.82) is 0 Å². The molecule has 4 rings (SSSR count). The summed E-state index contributed by atoms with van der Waals surface area (Å²) in [5, 5.41) is 2.75. The number of carbonyl (C=O) groups is 2. The van der Waals surface area contributed by atoms with Gasteiger partial charge in [0.2, 0.25) is 10.8 Å². The summed E-state index contributed by atoms with van der Waals surface area (Å²) in [6, 6.07) is 10.2. The number of anilines is 2. The van der Waals surface area contributed by atoms with Gasteiger partial charge in [-0.3, -0.25) is 14.5 Å². The number of hydrogen-bond acceptors (Lipinski definition) is 3. The van der Waals surface area contributed by atoms with Crippen molar-refractivity contribution in [3.63, 3.8) is 0 Å². The van der Waals surface area contributed by atoms with Crippen LogP contribution >= 0.6 is 11.8 Å². The minimum absolute atomic E-state index is 0.0841. The van der Waals surface area contributed by atoms with E-state index in [1.54, 1.807) is 24.3 Å². The van der Waals surface area contributed by atoms with E-state index in [4.69, 9.17) is 0 Å². The van der Waals surface area contributed by atoms with Gasteiger partial charge in [0.05, 0.1) is 5.75 Å². The highest BCUT2D eigenvalue weighted by molar-refractivity contribution is 8.02. The van der Waals surface area contributed by atoms with Gasteiger partial charge < -0.3 is 5.32 Å². The number of fused-ring (bicyclic) bond motifs is 2. The van der Waals surface area contributed by atoms with Crippen LogP contribution in [0.4, 0.5) is 20.2 Å². The fourth-order valence-corrected chi connectivity index (χ4v) is 4.32. The lowest BCUT2D eigenvalue weighted by Gasteiger charge is -2.32. The lowest BCUT2D eigenvalue weighted by molar-refractivity contribution is -0.122. The Morgan fingerprint density at radius 2 is 1.87 bits per heavy atom. The predicted octanol–water partition coefficient (Wildman–Crippen LogP) is 2.85. The summed E-state index contributed by atoms with van der Waals surface area (Å²) in [6.45, 7) is 0. The molecule has 1 saturated heterocycles. The molecule has 7 heteroatoms. The van der Waals surface area contributed by atoms with E-state index in [1.165, 1.54) is 22.7 Å². The normalized spacial score (nSPS) is 22.6. The van der Waals surface area contributed by atoms with Gasteiger partial charge in [-0.2, -0.15) is 0 Å². The van der Waals surface area contributed by atoms with Crippen LogP contribution in [0.25, 0.3) is 0 Å². The number of rotatable bonds is 1. The minimum Gasteiger partial charge on any atom is -0.323 e. The molecule has 0 aliphatic carbocycles. The van der Waals surface area contributed by atoms with Crippen molar-refractivity contribution in [1.82, 2.24) is 0 Å². The van der Waals surface area contributed by atoms with Crippen LogP contribution in [0.3, 0.4) is 0 Å². The predicted molar refractivity (Wildman–Crippen MR) is 83.1 cm³/mol. The lowest BCUT2D eigenvalue weighted by Crippen LogP contribution is -2.47. The molecule has 2 heterocycles. The number of nitrogens with zero attached hydrogens (tertiary/aromatic N) is 1. The third-order valence-electron chi connectivity index (χ3n) is 3.98. The molecule has 2 amide bonds. The molecule has 23 heavy (non-hydrogen) atoms. The Morgan fingerprint density at radius 1 is 1.09 bits per heavy atom. The first-order chi connectivity index (χ1) is 11.0. The first kappa shape index (κ1) is 14.2. The highest BCUT2D eigenvalue weighted by Crippen LogP contribution is 2.53. The number of nitrogens with one attached hydrogen (secondary N) is 1. The first-order valence-electron chi connectivity index (χ1n) is 6.87. The van der Waals surface area contributed by atoms with Gasteiger partial charge in [0.15, 0.2) is 11.6 Å². The van der Waals surface area contributed by atoms with Crippen molar-refractivity contribution in [2.45, 2.75) is 4.87 Å². The average molecular weight is 332 g/mol. The fraction of sp³-hybridized carbons (Fsp3) is 0.125. The molecule has 0 bridgehead atoms. The molecule has 2 aromatic rings. The lowest BCUT2D eigenvalue weighted by atomic mass is 10.0. The first-order valence-corrected chi connectivity index (χ1v) is 7.85. The molecule has 2 aromatic carbocycles. The van der Waals surface area contributed by atoms with Gasteiger partial charge in [-0.25, -0.2) is 8.78 Å². The molecule has 2 aliphatic rings. The Balaban J connectivity index is 1.93. The van der Waals surface area contributed by atoms with Crippen LogP contribution in [-0.4, -0.2) is 17.6 Å². The van der Waals surface area contributed by atoms with Gasteiger partial charge in [-0.1, -0.05) is 18.2 Å². The van der Waals surface area contributed by atoms with Crippen molar-refractivity contribution in [2.24, 2.45) is 0 Å². The van der Waals surface area contributed by atoms with Gasteiger partial charge in [0.1, 0.15) is 0 Å². The van der Waals surface area contributed by atoms with E-state index in [1.807, 2.05) is 0 Å². The molecule has 1 N–H and O–H groups in total. The molecule has 0 aromatic heterocycles. The van der Waals surface area contributed by atoms with Gasteiger partial charge in [0.25, 0.3) is 5.91 Å². The van der Waals surface area contributed by atoms with Crippen LogP contribution in [0.15, 0.2) is 42.5 Å². The summed E-state index contributed by atoms with van der Waals surface area (Å²) in [7, 11) is 0. The van der Waals surface area contributed by atoms with E-state index in [2.05, 4.69) is 5.32 Å². The third-order valence-corrected chi connectivity index (χ3v) is 5.38. The molecule has 1 atom stereocenters. The standard InChI is InChI=1S/C16H10F2N2O2S/c17-11-6-5-9(7-12(11)18)20-14(21)8-23-16(20)10-3-1-2-4-13(10)19-15(16)22/h1-7H,8H2,(H,19,22)/t16-/m1/s1. The molecular weight excluding hydrogens is 322 g/mol. The van der Waals surface area contributed by atoms with Gasteiger partial charge in [-0.05, 0) is 18.2 Å². The maximum atomic E-state index is 13.6. The van der Waals surface area contributed by atoms with Crippen LogP contribution in [0.2, 0.25) is 0 Å². The number of para-hydroxylation sites is 1. The summed E-state index contributed by atoms with van der Waals surface area (Å²) in [4.78, 5) is 25.0. The molecule has 0 unspecified atom stereocenters. The van der Waals surface area contributed by atoms with Crippen LogP contribution in [-0.2, 0) is 14.5 Å². The van der Waals surface area contributed by atoms with E-state index in [-0.39, 0.29) is 23.3 Å². The van der Waals surface area contributed by atoms with Gasteiger partial charge in [-0.15, -0.1) is 11.8 Å². The SMILES string of the molecule is O=C1CS[C@]2(C(=O)Nc3ccccc32)N1c1ccc(F)c(F)c1. The minimum atomic E-state index is -1.28. The Bertz CT molecular complexity index is 858. The molecule has 4 nitrogen and oxygen atoms in total. The maximum Gasteiger partial charge on any atom is 0.266 e. The summed E-state index contributed by atoms with van der Waals surface area (Å²) in [5.74, 6) is -2.67. The number of hydrogen-bond donors (Lipinski definition) is 1. The molecule has 1 fully saturated rings. The van der Waals surface area contributed by atoms with E-state index in [0.29, 0.717) is 11.3 Å². The summed E-state index contributed by atoms with van der Waals surface area (Å²) < 4.78 is 26.8. The number of thioether (sulfide) groups is 1. The number of amides is 2. The number of carbonyl (C=O) groups excluding carboxylic acids is 2. The number of halogens is 2. The van der Waals surface area contributed by atoms with Crippen LogP contribution in [0.5, 0.6) is 0 Å². The molecule has 116 valence electrons. The largest absolute Gasteiger partial charge is 0.323 e. The fourth-order valence-electron chi connectivity index (χ4n) is 3.00. The molecule has 0 saturated carbocycles. The zero-order valence-corrected chi connectivity index (χ0v) is 12.5. The summed E-state index contributed by atoms with van der Waals surface area (Å²) in [6.07, 6.45) is 0. The zero-order chi connectivity index (χ0) is 16.2. The summed E-state index contributed by atoms with van der Waals surface area (Å²) in [5.41, 5.74) is 1.42. The maximum absolute atomic E-state index is 13.6. The molecule has 0 radical (unpaired) electrons. The Labute approximate surface area is 134 Å². The molecule has 1 spiro atoms.